The molecule has 0 aromatic rings. The number of hydrogen-bond donors (Lipinski definition) is 2. The standard InChI is InChI=1S/C8H16N2O2/c1-6(4-9)10-8(11)7-2-3-12-5-7/h6-7H,2-5,9H2,1H3,(H,10,11)/t6-,7?/m0/s1. The van der Waals surface area contributed by atoms with Gasteiger partial charge in [0.1, 0.15) is 0 Å². The van der Waals surface area contributed by atoms with Crippen LogP contribution in [0.15, 0.2) is 0 Å². The maximum absolute atomic E-state index is 11.4. The van der Waals surface area contributed by atoms with Gasteiger partial charge in [0.05, 0.1) is 12.5 Å². The Balaban J connectivity index is 2.27. The highest BCUT2D eigenvalue weighted by atomic mass is 16.5. The Labute approximate surface area is 72.5 Å². The maximum Gasteiger partial charge on any atom is 0.225 e. The number of hydrogen-bond acceptors (Lipinski definition) is 3. The van der Waals surface area contributed by atoms with E-state index < -0.39 is 0 Å². The van der Waals surface area contributed by atoms with Crippen molar-refractivity contribution in [1.82, 2.24) is 5.32 Å². The quantitative estimate of drug-likeness (QED) is 0.602. The van der Waals surface area contributed by atoms with E-state index in [1.54, 1.807) is 0 Å². The first-order valence-electron chi connectivity index (χ1n) is 4.32. The van der Waals surface area contributed by atoms with Crippen LogP contribution in [0, 0.1) is 5.92 Å². The van der Waals surface area contributed by atoms with Gasteiger partial charge in [-0.25, -0.2) is 0 Å². The number of nitrogens with two attached hydrogens (primary N) is 1. The number of ether oxygens (including phenoxy) is 1. The van der Waals surface area contributed by atoms with Crippen LogP contribution in [0.3, 0.4) is 0 Å². The Morgan fingerprint density at radius 2 is 2.58 bits per heavy atom. The highest BCUT2D eigenvalue weighted by Crippen LogP contribution is 2.11. The Hall–Kier alpha value is -0.610. The average molecular weight is 172 g/mol. The van der Waals surface area contributed by atoms with E-state index in [0.29, 0.717) is 19.8 Å². The minimum absolute atomic E-state index is 0.0407. The first-order chi connectivity index (χ1) is 5.74. The zero-order valence-corrected chi connectivity index (χ0v) is 7.38. The molecule has 3 N–H and O–H groups in total. The average Bonchev–Trinajstić information content (AvgIpc) is 2.56. The van der Waals surface area contributed by atoms with Crippen molar-refractivity contribution >= 4 is 5.91 Å². The summed E-state index contributed by atoms with van der Waals surface area (Å²) in [6, 6.07) is 0.0677. The summed E-state index contributed by atoms with van der Waals surface area (Å²) < 4.78 is 5.10. The van der Waals surface area contributed by atoms with Crippen molar-refractivity contribution in [2.45, 2.75) is 19.4 Å². The van der Waals surface area contributed by atoms with E-state index in [2.05, 4.69) is 5.32 Å². The SMILES string of the molecule is C[C@@H](CN)NC(=O)C1CCOC1. The third-order valence-electron chi connectivity index (χ3n) is 2.04. The van der Waals surface area contributed by atoms with Crippen molar-refractivity contribution in [3.8, 4) is 0 Å². The summed E-state index contributed by atoms with van der Waals surface area (Å²) in [5.74, 6) is 0.115. The lowest BCUT2D eigenvalue weighted by atomic mass is 10.1. The first-order valence-corrected chi connectivity index (χ1v) is 4.32. The number of amides is 1. The molecule has 1 aliphatic heterocycles. The van der Waals surface area contributed by atoms with Gasteiger partial charge in [-0.15, -0.1) is 0 Å². The maximum atomic E-state index is 11.4. The molecule has 12 heavy (non-hydrogen) atoms. The molecule has 0 spiro atoms. The highest BCUT2D eigenvalue weighted by molar-refractivity contribution is 5.79. The van der Waals surface area contributed by atoms with Crippen molar-refractivity contribution in [2.24, 2.45) is 11.7 Å². The van der Waals surface area contributed by atoms with Crippen LogP contribution < -0.4 is 11.1 Å². The van der Waals surface area contributed by atoms with Crippen molar-refractivity contribution in [3.63, 3.8) is 0 Å². The summed E-state index contributed by atoms with van der Waals surface area (Å²) in [5.41, 5.74) is 5.37. The van der Waals surface area contributed by atoms with Crippen LogP contribution in [-0.2, 0) is 9.53 Å². The number of nitrogens with one attached hydrogen (secondary N) is 1. The normalized spacial score (nSPS) is 25.3. The lowest BCUT2D eigenvalue weighted by molar-refractivity contribution is -0.125. The van der Waals surface area contributed by atoms with Gasteiger partial charge < -0.3 is 15.8 Å². The van der Waals surface area contributed by atoms with Gasteiger partial charge in [-0.1, -0.05) is 0 Å². The number of carbonyl (C=O) groups excluding carboxylic acids is 1. The summed E-state index contributed by atoms with van der Waals surface area (Å²) in [7, 11) is 0. The molecule has 4 nitrogen and oxygen atoms in total. The van der Waals surface area contributed by atoms with Crippen LogP contribution in [0.5, 0.6) is 0 Å². The van der Waals surface area contributed by atoms with Gasteiger partial charge in [-0.05, 0) is 13.3 Å². The van der Waals surface area contributed by atoms with Gasteiger partial charge in [0.15, 0.2) is 0 Å². The molecule has 1 rings (SSSR count). The molecule has 0 bridgehead atoms. The second-order valence-corrected chi connectivity index (χ2v) is 3.21. The monoisotopic (exact) mass is 172 g/mol. The number of rotatable bonds is 3. The molecule has 0 aromatic carbocycles. The molecule has 1 amide bonds. The molecular weight excluding hydrogens is 156 g/mol. The van der Waals surface area contributed by atoms with Crippen LogP contribution in [0.1, 0.15) is 13.3 Å². The topological polar surface area (TPSA) is 64.3 Å². The summed E-state index contributed by atoms with van der Waals surface area (Å²) in [6.07, 6.45) is 0.836. The largest absolute Gasteiger partial charge is 0.381 e. The van der Waals surface area contributed by atoms with E-state index in [0.717, 1.165) is 6.42 Å². The highest BCUT2D eigenvalue weighted by Gasteiger charge is 2.23. The van der Waals surface area contributed by atoms with Gasteiger partial charge in [-0.2, -0.15) is 0 Å². The summed E-state index contributed by atoms with van der Waals surface area (Å²) >= 11 is 0. The molecule has 1 fully saturated rings. The zero-order chi connectivity index (χ0) is 8.97. The fraction of sp³-hybridized carbons (Fsp3) is 0.875. The van der Waals surface area contributed by atoms with Gasteiger partial charge in [-0.3, -0.25) is 4.79 Å². The number of carbonyl (C=O) groups is 1. The van der Waals surface area contributed by atoms with Gasteiger partial charge in [0, 0.05) is 19.2 Å². The summed E-state index contributed by atoms with van der Waals surface area (Å²) in [6.45, 7) is 3.64. The molecule has 1 heterocycles. The first kappa shape index (κ1) is 9.48. The third-order valence-corrected chi connectivity index (χ3v) is 2.04. The molecule has 0 saturated carbocycles. The Kier molecular flexibility index (Phi) is 3.49. The van der Waals surface area contributed by atoms with Crippen LogP contribution >= 0.6 is 0 Å². The van der Waals surface area contributed by atoms with E-state index >= 15 is 0 Å². The van der Waals surface area contributed by atoms with Crippen molar-refractivity contribution in [2.75, 3.05) is 19.8 Å². The summed E-state index contributed by atoms with van der Waals surface area (Å²) in [4.78, 5) is 11.4. The molecule has 0 radical (unpaired) electrons. The van der Waals surface area contributed by atoms with Crippen molar-refractivity contribution < 1.29 is 9.53 Å². The van der Waals surface area contributed by atoms with E-state index in [4.69, 9.17) is 10.5 Å². The Bertz CT molecular complexity index is 155. The van der Waals surface area contributed by atoms with E-state index in [-0.39, 0.29) is 17.9 Å². The predicted octanol–water partition coefficient (Wildman–Crippen LogP) is -0.514. The van der Waals surface area contributed by atoms with Crippen molar-refractivity contribution in [1.29, 1.82) is 0 Å². The van der Waals surface area contributed by atoms with E-state index in [9.17, 15) is 4.79 Å². The van der Waals surface area contributed by atoms with Gasteiger partial charge >= 0.3 is 0 Å². The molecular formula is C8H16N2O2. The third kappa shape index (κ3) is 2.46. The molecule has 0 aliphatic carbocycles. The minimum Gasteiger partial charge on any atom is -0.381 e. The van der Waals surface area contributed by atoms with Crippen LogP contribution in [0.2, 0.25) is 0 Å². The summed E-state index contributed by atoms with van der Waals surface area (Å²) in [5, 5.41) is 2.83. The fourth-order valence-electron chi connectivity index (χ4n) is 1.16. The molecule has 70 valence electrons. The van der Waals surface area contributed by atoms with E-state index in [1.807, 2.05) is 6.92 Å². The van der Waals surface area contributed by atoms with Crippen molar-refractivity contribution in [3.05, 3.63) is 0 Å². The molecule has 4 heteroatoms. The van der Waals surface area contributed by atoms with Crippen LogP contribution in [-0.4, -0.2) is 31.7 Å². The minimum atomic E-state index is 0.0407. The second kappa shape index (κ2) is 4.42. The van der Waals surface area contributed by atoms with E-state index in [1.165, 1.54) is 0 Å². The fourth-order valence-corrected chi connectivity index (χ4v) is 1.16. The lowest BCUT2D eigenvalue weighted by Crippen LogP contribution is -2.41. The molecule has 1 saturated heterocycles. The molecule has 2 atom stereocenters. The van der Waals surface area contributed by atoms with Crippen LogP contribution in [0.4, 0.5) is 0 Å². The predicted molar refractivity (Wildman–Crippen MR) is 45.6 cm³/mol. The van der Waals surface area contributed by atoms with Crippen LogP contribution in [0.25, 0.3) is 0 Å². The molecule has 0 aromatic heterocycles. The smallest absolute Gasteiger partial charge is 0.225 e. The molecule has 1 aliphatic rings. The Morgan fingerprint density at radius 1 is 1.83 bits per heavy atom. The second-order valence-electron chi connectivity index (χ2n) is 3.21. The Morgan fingerprint density at radius 3 is 3.08 bits per heavy atom. The molecule has 1 unspecified atom stereocenters. The van der Waals surface area contributed by atoms with Gasteiger partial charge in [0.25, 0.3) is 0 Å². The zero-order valence-electron chi connectivity index (χ0n) is 7.38. The lowest BCUT2D eigenvalue weighted by Gasteiger charge is -2.13. The van der Waals surface area contributed by atoms with Gasteiger partial charge in [0.2, 0.25) is 5.91 Å².